The van der Waals surface area contributed by atoms with Gasteiger partial charge in [-0.1, -0.05) is 40.5 Å². The molecule has 0 heteroatoms. The van der Waals surface area contributed by atoms with E-state index in [1.165, 1.54) is 25.7 Å². The Morgan fingerprint density at radius 2 is 1.81 bits per heavy atom. The van der Waals surface area contributed by atoms with Crippen molar-refractivity contribution < 1.29 is 0 Å². The molecular weight excluding hydrogens is 192 g/mol. The van der Waals surface area contributed by atoms with Crippen LogP contribution in [0.5, 0.6) is 0 Å². The van der Waals surface area contributed by atoms with Gasteiger partial charge in [0.1, 0.15) is 0 Å². The minimum Gasteiger partial charge on any atom is -0.0651 e. The highest BCUT2D eigenvalue weighted by atomic mass is 14.5. The second kappa shape index (κ2) is 5.10. The zero-order chi connectivity index (χ0) is 11.7. The largest absolute Gasteiger partial charge is 0.0651 e. The van der Waals surface area contributed by atoms with Gasteiger partial charge in [-0.2, -0.15) is 0 Å². The van der Waals surface area contributed by atoms with Crippen LogP contribution in [-0.4, -0.2) is 0 Å². The number of hydrogen-bond acceptors (Lipinski definition) is 0. The van der Waals surface area contributed by atoms with Crippen LogP contribution in [0.3, 0.4) is 0 Å². The van der Waals surface area contributed by atoms with E-state index in [1.54, 1.807) is 12.8 Å². The molecular formula is C16H30. The lowest BCUT2D eigenvalue weighted by Crippen LogP contribution is -2.29. The van der Waals surface area contributed by atoms with Crippen LogP contribution < -0.4 is 0 Å². The molecule has 2 rings (SSSR count). The number of rotatable bonds is 3. The molecule has 0 nitrogen and oxygen atoms in total. The summed E-state index contributed by atoms with van der Waals surface area (Å²) in [6, 6.07) is 0. The highest BCUT2D eigenvalue weighted by Crippen LogP contribution is 2.52. The summed E-state index contributed by atoms with van der Waals surface area (Å²) in [7, 11) is 0. The van der Waals surface area contributed by atoms with Gasteiger partial charge in [-0.05, 0) is 61.2 Å². The van der Waals surface area contributed by atoms with Crippen molar-refractivity contribution in [3.8, 4) is 0 Å². The van der Waals surface area contributed by atoms with Crippen LogP contribution in [-0.2, 0) is 0 Å². The molecule has 2 aliphatic rings. The Morgan fingerprint density at radius 3 is 2.44 bits per heavy atom. The summed E-state index contributed by atoms with van der Waals surface area (Å²) in [5.74, 6) is 6.27. The van der Waals surface area contributed by atoms with Crippen LogP contribution in [0.1, 0.15) is 66.2 Å². The molecule has 0 radical (unpaired) electrons. The van der Waals surface area contributed by atoms with Gasteiger partial charge < -0.3 is 0 Å². The van der Waals surface area contributed by atoms with Crippen LogP contribution in [0, 0.1) is 35.5 Å². The smallest absolute Gasteiger partial charge is 0.0355 e. The van der Waals surface area contributed by atoms with Crippen LogP contribution >= 0.6 is 0 Å². The second-order valence-corrected chi connectivity index (χ2v) is 6.67. The minimum absolute atomic E-state index is 0.967. The van der Waals surface area contributed by atoms with E-state index in [4.69, 9.17) is 0 Å². The van der Waals surface area contributed by atoms with Gasteiger partial charge in [-0.3, -0.25) is 0 Å². The Balaban J connectivity index is 1.99. The van der Waals surface area contributed by atoms with Crippen molar-refractivity contribution in [1.82, 2.24) is 0 Å². The van der Waals surface area contributed by atoms with Gasteiger partial charge in [-0.15, -0.1) is 0 Å². The molecule has 0 aliphatic heterocycles. The molecule has 0 amide bonds. The predicted octanol–water partition coefficient (Wildman–Crippen LogP) is 5.13. The lowest BCUT2D eigenvalue weighted by Gasteiger charge is -2.38. The zero-order valence-electron chi connectivity index (χ0n) is 11.7. The van der Waals surface area contributed by atoms with E-state index in [0.717, 1.165) is 35.5 Å². The first-order valence-electron chi connectivity index (χ1n) is 7.67. The summed E-state index contributed by atoms with van der Waals surface area (Å²) in [4.78, 5) is 0. The lowest BCUT2D eigenvalue weighted by molar-refractivity contribution is 0.122. The monoisotopic (exact) mass is 222 g/mol. The van der Waals surface area contributed by atoms with E-state index in [1.807, 2.05) is 0 Å². The predicted molar refractivity (Wildman–Crippen MR) is 71.3 cm³/mol. The van der Waals surface area contributed by atoms with E-state index >= 15 is 0 Å². The highest BCUT2D eigenvalue weighted by Gasteiger charge is 2.43. The molecule has 0 aromatic rings. The van der Waals surface area contributed by atoms with Gasteiger partial charge in [0, 0.05) is 0 Å². The van der Waals surface area contributed by atoms with Gasteiger partial charge in [0.25, 0.3) is 0 Å². The molecule has 0 bridgehead atoms. The molecule has 94 valence electrons. The molecule has 16 heavy (non-hydrogen) atoms. The SMILES string of the molecule is CCC(C)C1CCC2C(CC)CC(C)C2C1. The Bertz CT molecular complexity index is 220. The fourth-order valence-corrected chi connectivity index (χ4v) is 4.65. The zero-order valence-corrected chi connectivity index (χ0v) is 11.7. The summed E-state index contributed by atoms with van der Waals surface area (Å²) in [5.41, 5.74) is 0. The molecule has 2 aliphatic carbocycles. The van der Waals surface area contributed by atoms with Crippen LogP contribution in [0.4, 0.5) is 0 Å². The Morgan fingerprint density at radius 1 is 1.06 bits per heavy atom. The van der Waals surface area contributed by atoms with Crippen LogP contribution in [0.2, 0.25) is 0 Å². The first-order chi connectivity index (χ1) is 7.67. The standard InChI is InChI=1S/C16H30/c1-5-11(3)14-7-8-15-13(6-2)9-12(4)16(15)10-14/h11-16H,5-10H2,1-4H3. The first kappa shape index (κ1) is 12.5. The molecule has 2 saturated carbocycles. The lowest BCUT2D eigenvalue weighted by atomic mass is 9.68. The molecule has 0 N–H and O–H groups in total. The average Bonchev–Trinajstić information content (AvgIpc) is 2.64. The van der Waals surface area contributed by atoms with E-state index in [0.29, 0.717) is 0 Å². The van der Waals surface area contributed by atoms with E-state index in [2.05, 4.69) is 27.7 Å². The van der Waals surface area contributed by atoms with Crippen molar-refractivity contribution >= 4 is 0 Å². The summed E-state index contributed by atoms with van der Waals surface area (Å²) in [6.45, 7) is 9.76. The van der Waals surface area contributed by atoms with E-state index < -0.39 is 0 Å². The fourth-order valence-electron chi connectivity index (χ4n) is 4.65. The van der Waals surface area contributed by atoms with E-state index in [9.17, 15) is 0 Å². The fraction of sp³-hybridized carbons (Fsp3) is 1.00. The second-order valence-electron chi connectivity index (χ2n) is 6.67. The van der Waals surface area contributed by atoms with Gasteiger partial charge in [0.2, 0.25) is 0 Å². The van der Waals surface area contributed by atoms with Gasteiger partial charge in [0.15, 0.2) is 0 Å². The molecule has 2 fully saturated rings. The highest BCUT2D eigenvalue weighted by molar-refractivity contribution is 4.93. The van der Waals surface area contributed by atoms with Crippen molar-refractivity contribution in [1.29, 1.82) is 0 Å². The number of fused-ring (bicyclic) bond motifs is 1. The first-order valence-corrected chi connectivity index (χ1v) is 7.67. The van der Waals surface area contributed by atoms with Gasteiger partial charge in [-0.25, -0.2) is 0 Å². The molecule has 0 aromatic heterocycles. The third-order valence-corrected chi connectivity index (χ3v) is 5.98. The molecule has 0 aromatic carbocycles. The maximum absolute atomic E-state index is 2.52. The Labute approximate surface area is 102 Å². The summed E-state index contributed by atoms with van der Waals surface area (Å²) < 4.78 is 0. The van der Waals surface area contributed by atoms with E-state index in [-0.39, 0.29) is 0 Å². The van der Waals surface area contributed by atoms with Crippen molar-refractivity contribution in [2.75, 3.05) is 0 Å². The summed E-state index contributed by atoms with van der Waals surface area (Å²) in [6.07, 6.45) is 8.96. The summed E-state index contributed by atoms with van der Waals surface area (Å²) >= 11 is 0. The van der Waals surface area contributed by atoms with Crippen molar-refractivity contribution in [3.63, 3.8) is 0 Å². The Hall–Kier alpha value is 0. The third-order valence-electron chi connectivity index (χ3n) is 5.98. The molecule has 0 saturated heterocycles. The molecule has 0 spiro atoms. The van der Waals surface area contributed by atoms with Crippen LogP contribution in [0.15, 0.2) is 0 Å². The summed E-state index contributed by atoms with van der Waals surface area (Å²) in [5, 5.41) is 0. The van der Waals surface area contributed by atoms with Crippen molar-refractivity contribution in [3.05, 3.63) is 0 Å². The normalized spacial score (nSPS) is 45.4. The maximum atomic E-state index is 2.52. The van der Waals surface area contributed by atoms with Gasteiger partial charge >= 0.3 is 0 Å². The maximum Gasteiger partial charge on any atom is -0.0355 e. The third kappa shape index (κ3) is 2.17. The molecule has 6 unspecified atom stereocenters. The van der Waals surface area contributed by atoms with Crippen molar-refractivity contribution in [2.24, 2.45) is 35.5 Å². The van der Waals surface area contributed by atoms with Gasteiger partial charge in [0.05, 0.1) is 0 Å². The quantitative estimate of drug-likeness (QED) is 0.621. The number of hydrogen-bond donors (Lipinski definition) is 0. The average molecular weight is 222 g/mol. The molecule has 6 atom stereocenters. The van der Waals surface area contributed by atoms with Crippen LogP contribution in [0.25, 0.3) is 0 Å². The Kier molecular flexibility index (Phi) is 3.97. The minimum atomic E-state index is 0.967. The van der Waals surface area contributed by atoms with Crippen molar-refractivity contribution in [2.45, 2.75) is 66.2 Å². The topological polar surface area (TPSA) is 0 Å². The molecule has 0 heterocycles.